The van der Waals surface area contributed by atoms with Crippen LogP contribution in [0.4, 0.5) is 0 Å². The van der Waals surface area contributed by atoms with Crippen LogP contribution < -0.4 is 4.74 Å². The Balaban J connectivity index is 2.10. The highest BCUT2D eigenvalue weighted by atomic mass is 16.5. The van der Waals surface area contributed by atoms with E-state index in [0.29, 0.717) is 36.6 Å². The number of phenolic OH excluding ortho intramolecular Hbond substituents is 1. The largest absolute Gasteiger partial charge is 0.508 e. The summed E-state index contributed by atoms with van der Waals surface area (Å²) in [5.41, 5.74) is 0.948. The summed E-state index contributed by atoms with van der Waals surface area (Å²) in [4.78, 5) is 29.2. The van der Waals surface area contributed by atoms with Crippen LogP contribution in [0.2, 0.25) is 0 Å². The number of hydrogen-bond acceptors (Lipinski definition) is 6. The molecular weight excluding hydrogens is 396 g/mol. The number of likely N-dealkylation sites (tertiary alicyclic amines) is 1. The van der Waals surface area contributed by atoms with Crippen molar-refractivity contribution in [2.45, 2.75) is 19.4 Å². The number of aliphatic hydroxyl groups is 1. The number of amides is 1. The lowest BCUT2D eigenvalue weighted by molar-refractivity contribution is -0.140. The number of carbonyl (C=O) groups excluding carboxylic acids is 2. The van der Waals surface area contributed by atoms with E-state index in [1.54, 1.807) is 36.4 Å². The van der Waals surface area contributed by atoms with Crippen LogP contribution in [0.1, 0.15) is 30.5 Å². The molecule has 7 heteroatoms. The van der Waals surface area contributed by atoms with Gasteiger partial charge in [-0.1, -0.05) is 31.2 Å². The summed E-state index contributed by atoms with van der Waals surface area (Å²) in [5.74, 6) is -1.09. The maximum absolute atomic E-state index is 13.0. The number of nitrogens with zero attached hydrogens (tertiary/aromatic N) is 2. The first-order chi connectivity index (χ1) is 14.8. The molecule has 2 N–H and O–H groups in total. The van der Waals surface area contributed by atoms with Crippen LogP contribution in [0.25, 0.3) is 5.76 Å². The average molecular weight is 424 g/mol. The summed E-state index contributed by atoms with van der Waals surface area (Å²) in [7, 11) is 3.75. The Hall–Kier alpha value is -3.32. The Kier molecular flexibility index (Phi) is 6.97. The molecule has 0 radical (unpaired) electrons. The van der Waals surface area contributed by atoms with E-state index < -0.39 is 17.7 Å². The van der Waals surface area contributed by atoms with Crippen LogP contribution in [0.15, 0.2) is 54.1 Å². The molecule has 2 aromatic carbocycles. The molecule has 1 heterocycles. The summed E-state index contributed by atoms with van der Waals surface area (Å²) in [6.07, 6.45) is 0.838. The molecule has 3 rings (SSSR count). The molecule has 0 saturated carbocycles. The first-order valence-corrected chi connectivity index (χ1v) is 10.3. The molecule has 1 unspecified atom stereocenters. The van der Waals surface area contributed by atoms with Gasteiger partial charge in [0.15, 0.2) is 0 Å². The molecule has 1 amide bonds. The fraction of sp³-hybridized carbons (Fsp3) is 0.333. The highest BCUT2D eigenvalue weighted by Crippen LogP contribution is 2.40. The van der Waals surface area contributed by atoms with E-state index in [2.05, 4.69) is 0 Å². The normalized spacial score (nSPS) is 18.1. The second kappa shape index (κ2) is 9.66. The molecule has 7 nitrogen and oxygen atoms in total. The van der Waals surface area contributed by atoms with Gasteiger partial charge in [-0.25, -0.2) is 0 Å². The first-order valence-electron chi connectivity index (χ1n) is 10.3. The number of aliphatic hydroxyl groups excluding tert-OH is 1. The number of phenols is 1. The molecule has 1 saturated heterocycles. The zero-order chi connectivity index (χ0) is 22.5. The number of hydrogen-bond donors (Lipinski definition) is 2. The van der Waals surface area contributed by atoms with Gasteiger partial charge in [0.25, 0.3) is 11.7 Å². The van der Waals surface area contributed by atoms with Crippen molar-refractivity contribution in [1.82, 2.24) is 9.80 Å². The van der Waals surface area contributed by atoms with E-state index >= 15 is 0 Å². The Morgan fingerprint density at radius 2 is 1.87 bits per heavy atom. The summed E-state index contributed by atoms with van der Waals surface area (Å²) in [5, 5.41) is 21.1. The molecule has 1 fully saturated rings. The molecule has 31 heavy (non-hydrogen) atoms. The Bertz CT molecular complexity index is 999. The molecule has 1 aliphatic rings. The average Bonchev–Trinajstić information content (AvgIpc) is 3.00. The number of benzene rings is 2. The highest BCUT2D eigenvalue weighted by molar-refractivity contribution is 6.46. The van der Waals surface area contributed by atoms with Gasteiger partial charge < -0.3 is 24.7 Å². The summed E-state index contributed by atoms with van der Waals surface area (Å²) in [6.45, 7) is 3.37. The van der Waals surface area contributed by atoms with Gasteiger partial charge in [0.1, 0.15) is 17.3 Å². The smallest absolute Gasteiger partial charge is 0.295 e. The lowest BCUT2D eigenvalue weighted by Gasteiger charge is -2.26. The second-order valence-electron chi connectivity index (χ2n) is 7.77. The van der Waals surface area contributed by atoms with E-state index in [9.17, 15) is 19.8 Å². The van der Waals surface area contributed by atoms with Crippen LogP contribution in [0.5, 0.6) is 11.5 Å². The van der Waals surface area contributed by atoms with Crippen molar-refractivity contribution in [3.05, 3.63) is 65.2 Å². The van der Waals surface area contributed by atoms with Gasteiger partial charge in [-0.15, -0.1) is 0 Å². The Labute approximate surface area is 182 Å². The van der Waals surface area contributed by atoms with E-state index in [-0.39, 0.29) is 17.1 Å². The zero-order valence-electron chi connectivity index (χ0n) is 18.0. The first kappa shape index (κ1) is 22.4. The van der Waals surface area contributed by atoms with Gasteiger partial charge in [0, 0.05) is 18.7 Å². The van der Waals surface area contributed by atoms with Crippen molar-refractivity contribution >= 4 is 17.4 Å². The van der Waals surface area contributed by atoms with Crippen molar-refractivity contribution in [3.63, 3.8) is 0 Å². The van der Waals surface area contributed by atoms with Crippen LogP contribution in [0, 0.1) is 0 Å². The quantitative estimate of drug-likeness (QED) is 0.384. The lowest BCUT2D eigenvalue weighted by Crippen LogP contribution is -2.35. The van der Waals surface area contributed by atoms with E-state index in [4.69, 9.17) is 4.74 Å². The predicted molar refractivity (Wildman–Crippen MR) is 118 cm³/mol. The van der Waals surface area contributed by atoms with Gasteiger partial charge in [-0.2, -0.15) is 0 Å². The molecule has 1 aliphatic heterocycles. The number of rotatable bonds is 8. The number of Topliss-reactive ketones (excluding diaryl/α,β-unsaturated/α-hetero) is 1. The monoisotopic (exact) mass is 424 g/mol. The third-order valence-corrected chi connectivity index (χ3v) is 5.09. The number of ether oxygens (including phenoxy) is 1. The molecule has 0 bridgehead atoms. The van der Waals surface area contributed by atoms with Gasteiger partial charge in [0.2, 0.25) is 0 Å². The van der Waals surface area contributed by atoms with Gasteiger partial charge in [-0.05, 0) is 50.3 Å². The number of likely N-dealkylation sites (N-methyl/N-ethyl adjacent to an activating group) is 1. The summed E-state index contributed by atoms with van der Waals surface area (Å²) < 4.78 is 5.64. The standard InChI is InChI=1S/C24H28N2O5/c1-4-13-31-19-10-6-8-17(15-19)22(28)20-21(16-7-5-9-18(27)14-16)26(12-11-25(2)3)24(30)23(20)29/h5-10,14-15,21,27-28H,4,11-13H2,1-3H3/b22-20-. The van der Waals surface area contributed by atoms with E-state index in [1.165, 1.54) is 17.0 Å². The van der Waals surface area contributed by atoms with Crippen LogP contribution >= 0.6 is 0 Å². The highest BCUT2D eigenvalue weighted by Gasteiger charge is 2.46. The van der Waals surface area contributed by atoms with Gasteiger partial charge >= 0.3 is 0 Å². The number of ketones is 1. The fourth-order valence-electron chi connectivity index (χ4n) is 3.57. The van der Waals surface area contributed by atoms with Crippen LogP contribution in [-0.4, -0.2) is 65.5 Å². The zero-order valence-corrected chi connectivity index (χ0v) is 18.0. The fourth-order valence-corrected chi connectivity index (χ4v) is 3.57. The van der Waals surface area contributed by atoms with Crippen LogP contribution in [-0.2, 0) is 9.59 Å². The minimum atomic E-state index is -0.799. The van der Waals surface area contributed by atoms with E-state index in [0.717, 1.165) is 6.42 Å². The van der Waals surface area contributed by atoms with Crippen molar-refractivity contribution in [2.75, 3.05) is 33.8 Å². The lowest BCUT2D eigenvalue weighted by atomic mass is 9.95. The van der Waals surface area contributed by atoms with Crippen molar-refractivity contribution in [2.24, 2.45) is 0 Å². The van der Waals surface area contributed by atoms with Crippen molar-refractivity contribution in [1.29, 1.82) is 0 Å². The molecule has 0 aromatic heterocycles. The van der Waals surface area contributed by atoms with Gasteiger partial charge in [0.05, 0.1) is 18.2 Å². The Morgan fingerprint density at radius 3 is 2.55 bits per heavy atom. The SMILES string of the molecule is CCCOc1cccc(/C(O)=C2/C(=O)C(=O)N(CCN(C)C)C2c2cccc(O)c2)c1. The predicted octanol–water partition coefficient (Wildman–Crippen LogP) is 3.16. The topological polar surface area (TPSA) is 90.3 Å². The third kappa shape index (κ3) is 4.88. The van der Waals surface area contributed by atoms with Crippen molar-refractivity contribution < 1.29 is 24.5 Å². The maximum Gasteiger partial charge on any atom is 0.295 e. The molecule has 1 atom stereocenters. The Morgan fingerprint density at radius 1 is 1.13 bits per heavy atom. The number of carbonyl (C=O) groups is 2. The molecule has 0 spiro atoms. The molecule has 164 valence electrons. The van der Waals surface area contributed by atoms with Gasteiger partial charge in [-0.3, -0.25) is 9.59 Å². The maximum atomic E-state index is 13.0. The minimum absolute atomic E-state index is 0.00185. The van der Waals surface area contributed by atoms with Crippen molar-refractivity contribution in [3.8, 4) is 11.5 Å². The van der Waals surface area contributed by atoms with E-state index in [1.807, 2.05) is 25.9 Å². The second-order valence-corrected chi connectivity index (χ2v) is 7.77. The third-order valence-electron chi connectivity index (χ3n) is 5.09. The molecule has 0 aliphatic carbocycles. The number of aromatic hydroxyl groups is 1. The molecular formula is C24H28N2O5. The molecule has 2 aromatic rings. The minimum Gasteiger partial charge on any atom is -0.508 e. The summed E-state index contributed by atoms with van der Waals surface area (Å²) >= 11 is 0. The summed E-state index contributed by atoms with van der Waals surface area (Å²) in [6, 6.07) is 12.4. The van der Waals surface area contributed by atoms with Crippen LogP contribution in [0.3, 0.4) is 0 Å².